The number of benzene rings is 1. The summed E-state index contributed by atoms with van der Waals surface area (Å²) >= 11 is 0. The van der Waals surface area contributed by atoms with Crippen molar-refractivity contribution in [2.75, 3.05) is 6.54 Å². The quantitative estimate of drug-likeness (QED) is 0.894. The fourth-order valence-electron chi connectivity index (χ4n) is 2.50. The van der Waals surface area contributed by atoms with Gasteiger partial charge in [-0.05, 0) is 30.4 Å². The first-order chi connectivity index (χ1) is 9.38. The van der Waals surface area contributed by atoms with E-state index in [2.05, 4.69) is 5.32 Å². The highest BCUT2D eigenvalue weighted by Gasteiger charge is 2.45. The van der Waals surface area contributed by atoms with E-state index in [1.165, 1.54) is 5.56 Å². The van der Waals surface area contributed by atoms with Gasteiger partial charge in [-0.1, -0.05) is 24.3 Å². The van der Waals surface area contributed by atoms with Crippen LogP contribution >= 0.6 is 0 Å². The van der Waals surface area contributed by atoms with Crippen LogP contribution in [0.4, 0.5) is 13.2 Å². The summed E-state index contributed by atoms with van der Waals surface area (Å²) in [6.45, 7) is -0.578. The second kappa shape index (κ2) is 5.83. The van der Waals surface area contributed by atoms with Crippen molar-refractivity contribution in [2.45, 2.75) is 31.5 Å². The molecule has 2 unspecified atom stereocenters. The zero-order valence-corrected chi connectivity index (χ0v) is 10.8. The molecule has 0 amide bonds. The molecule has 0 aromatic heterocycles. The van der Waals surface area contributed by atoms with Gasteiger partial charge in [-0.2, -0.15) is 13.2 Å². The van der Waals surface area contributed by atoms with Crippen LogP contribution in [0.3, 0.4) is 0 Å². The molecule has 1 aliphatic rings. The van der Waals surface area contributed by atoms with E-state index >= 15 is 0 Å². The van der Waals surface area contributed by atoms with Gasteiger partial charge in [0.2, 0.25) is 0 Å². The molecule has 0 heterocycles. The van der Waals surface area contributed by atoms with E-state index in [0.717, 1.165) is 18.4 Å². The predicted octanol–water partition coefficient (Wildman–Crippen LogP) is 2.40. The lowest BCUT2D eigenvalue weighted by Crippen LogP contribution is -2.44. The molecule has 0 spiro atoms. The first-order valence-corrected chi connectivity index (χ1v) is 6.47. The maximum atomic E-state index is 12.5. The average Bonchev–Trinajstić information content (AvgIpc) is 2.36. The molecule has 2 atom stereocenters. The molecular formula is C14H16F3NO2. The molecule has 0 fully saturated rings. The third-order valence-corrected chi connectivity index (χ3v) is 3.65. The van der Waals surface area contributed by atoms with Crippen LogP contribution in [0.1, 0.15) is 17.5 Å². The Kier molecular flexibility index (Phi) is 4.32. The zero-order chi connectivity index (χ0) is 14.8. The minimum Gasteiger partial charge on any atom is -0.481 e. The molecule has 3 nitrogen and oxygen atoms in total. The summed E-state index contributed by atoms with van der Waals surface area (Å²) in [5.41, 5.74) is 2.34. The Morgan fingerprint density at radius 1 is 1.35 bits per heavy atom. The molecule has 2 rings (SSSR count). The predicted molar refractivity (Wildman–Crippen MR) is 67.4 cm³/mol. The van der Waals surface area contributed by atoms with Crippen molar-refractivity contribution in [1.29, 1.82) is 0 Å². The van der Waals surface area contributed by atoms with Crippen molar-refractivity contribution in [2.24, 2.45) is 5.92 Å². The first kappa shape index (κ1) is 14.8. The minimum atomic E-state index is -4.72. The number of hydrogen-bond donors (Lipinski definition) is 2. The number of aryl methyl sites for hydroxylation is 1. The molecule has 20 heavy (non-hydrogen) atoms. The van der Waals surface area contributed by atoms with Crippen molar-refractivity contribution < 1.29 is 23.1 Å². The van der Waals surface area contributed by atoms with Crippen molar-refractivity contribution in [1.82, 2.24) is 5.32 Å². The molecule has 0 aliphatic heterocycles. The minimum absolute atomic E-state index is 0.103. The molecule has 0 saturated heterocycles. The molecule has 1 aliphatic carbocycles. The number of fused-ring (bicyclic) bond motifs is 1. The summed E-state index contributed by atoms with van der Waals surface area (Å²) < 4.78 is 37.6. The largest absolute Gasteiger partial charge is 0.481 e. The fourth-order valence-corrected chi connectivity index (χ4v) is 2.50. The van der Waals surface area contributed by atoms with Crippen molar-refractivity contribution in [3.8, 4) is 0 Å². The number of nitrogens with one attached hydrogen (secondary N) is 1. The van der Waals surface area contributed by atoms with E-state index in [4.69, 9.17) is 5.11 Å². The van der Waals surface area contributed by atoms with E-state index in [1.54, 1.807) is 0 Å². The van der Waals surface area contributed by atoms with Crippen molar-refractivity contribution in [3.05, 3.63) is 35.4 Å². The number of halogens is 3. The highest BCUT2D eigenvalue weighted by molar-refractivity contribution is 5.71. The zero-order valence-electron chi connectivity index (χ0n) is 10.8. The second-order valence-corrected chi connectivity index (χ2v) is 5.05. The Morgan fingerprint density at radius 2 is 2.00 bits per heavy atom. The Balaban J connectivity index is 1.94. The summed E-state index contributed by atoms with van der Waals surface area (Å²) in [4.78, 5) is 10.7. The molecule has 1 aromatic carbocycles. The molecule has 0 saturated carbocycles. The Bertz CT molecular complexity index is 488. The lowest BCUT2D eigenvalue weighted by atomic mass is 9.88. The normalized spacial score (nSPS) is 20.2. The molecule has 6 heteroatoms. The molecular weight excluding hydrogens is 271 g/mol. The number of alkyl halides is 3. The van der Waals surface area contributed by atoms with Crippen LogP contribution in [0.5, 0.6) is 0 Å². The lowest BCUT2D eigenvalue weighted by Gasteiger charge is -2.27. The Morgan fingerprint density at radius 3 is 2.60 bits per heavy atom. The topological polar surface area (TPSA) is 49.3 Å². The number of carboxylic acids is 1. The van der Waals surface area contributed by atoms with Gasteiger partial charge < -0.3 is 10.4 Å². The third-order valence-electron chi connectivity index (χ3n) is 3.65. The van der Waals surface area contributed by atoms with E-state index in [1.807, 2.05) is 24.3 Å². The average molecular weight is 287 g/mol. The fraction of sp³-hybridized carbons (Fsp3) is 0.500. The number of carboxylic acid groups (broad SMARTS) is 1. The van der Waals surface area contributed by atoms with E-state index < -0.39 is 24.6 Å². The highest BCUT2D eigenvalue weighted by atomic mass is 19.4. The molecule has 2 N–H and O–H groups in total. The van der Waals surface area contributed by atoms with Crippen LogP contribution < -0.4 is 5.32 Å². The molecule has 0 radical (unpaired) electrons. The lowest BCUT2D eigenvalue weighted by molar-refractivity contribution is -0.192. The van der Waals surface area contributed by atoms with Crippen molar-refractivity contribution >= 4 is 5.97 Å². The summed E-state index contributed by atoms with van der Waals surface area (Å²) in [6, 6.07) is 7.71. The summed E-state index contributed by atoms with van der Waals surface area (Å²) in [5.74, 6) is -4.18. The molecule has 110 valence electrons. The van der Waals surface area contributed by atoms with Crippen LogP contribution in [0.15, 0.2) is 24.3 Å². The van der Waals surface area contributed by atoms with Crippen LogP contribution in [-0.4, -0.2) is 29.8 Å². The van der Waals surface area contributed by atoms with Gasteiger partial charge in [0.05, 0.1) is 0 Å². The van der Waals surface area contributed by atoms with Crippen LogP contribution in [0, 0.1) is 5.92 Å². The maximum Gasteiger partial charge on any atom is 0.403 e. The smallest absolute Gasteiger partial charge is 0.403 e. The Hall–Kier alpha value is -1.56. The SMILES string of the molecule is O=C(O)C(CNC1CCc2ccccc2C1)C(F)(F)F. The number of rotatable bonds is 4. The number of hydrogen-bond acceptors (Lipinski definition) is 2. The monoisotopic (exact) mass is 287 g/mol. The number of carbonyl (C=O) groups is 1. The standard InChI is InChI=1S/C14H16F3NO2/c15-14(16,17)12(13(19)20)8-18-11-6-5-9-3-1-2-4-10(9)7-11/h1-4,11-12,18H,5-8H2,(H,19,20). The number of aliphatic carboxylic acids is 1. The van der Waals surface area contributed by atoms with Gasteiger partial charge in [-0.25, -0.2) is 0 Å². The van der Waals surface area contributed by atoms with Gasteiger partial charge in [0.25, 0.3) is 0 Å². The van der Waals surface area contributed by atoms with Crippen LogP contribution in [-0.2, 0) is 17.6 Å². The van der Waals surface area contributed by atoms with Gasteiger partial charge in [-0.15, -0.1) is 0 Å². The summed E-state index contributed by atoms with van der Waals surface area (Å²) in [5, 5.41) is 11.4. The third kappa shape index (κ3) is 3.50. The van der Waals surface area contributed by atoms with Gasteiger partial charge >= 0.3 is 12.1 Å². The van der Waals surface area contributed by atoms with Crippen LogP contribution in [0.25, 0.3) is 0 Å². The Labute approximate surface area is 114 Å². The molecule has 0 bridgehead atoms. The van der Waals surface area contributed by atoms with Gasteiger partial charge in [-0.3, -0.25) is 4.79 Å². The van der Waals surface area contributed by atoms with Gasteiger partial charge in [0.15, 0.2) is 5.92 Å². The van der Waals surface area contributed by atoms with Gasteiger partial charge in [0, 0.05) is 12.6 Å². The van der Waals surface area contributed by atoms with E-state index in [9.17, 15) is 18.0 Å². The van der Waals surface area contributed by atoms with E-state index in [0.29, 0.717) is 6.42 Å². The molecule has 1 aromatic rings. The summed E-state index contributed by atoms with van der Waals surface area (Å²) in [6.07, 6.45) is -2.55. The first-order valence-electron chi connectivity index (χ1n) is 6.47. The highest BCUT2D eigenvalue weighted by Crippen LogP contribution is 2.27. The van der Waals surface area contributed by atoms with Gasteiger partial charge in [0.1, 0.15) is 0 Å². The van der Waals surface area contributed by atoms with E-state index in [-0.39, 0.29) is 6.04 Å². The second-order valence-electron chi connectivity index (χ2n) is 5.05. The summed E-state index contributed by atoms with van der Waals surface area (Å²) in [7, 11) is 0. The van der Waals surface area contributed by atoms with Crippen LogP contribution in [0.2, 0.25) is 0 Å². The maximum absolute atomic E-state index is 12.5. The van der Waals surface area contributed by atoms with Crippen molar-refractivity contribution in [3.63, 3.8) is 0 Å².